The molecule has 2 amide bonds. The number of likely N-dealkylation sites (tertiary alicyclic amines) is 1. The van der Waals surface area contributed by atoms with Crippen LogP contribution in [0.4, 0.5) is 4.79 Å². The Kier molecular flexibility index (Phi) is 7.76. The summed E-state index contributed by atoms with van der Waals surface area (Å²) in [6.07, 6.45) is 10.1. The Morgan fingerprint density at radius 3 is 2.22 bits per heavy atom. The van der Waals surface area contributed by atoms with Gasteiger partial charge in [0.05, 0.1) is 43.0 Å². The van der Waals surface area contributed by atoms with Crippen molar-refractivity contribution in [1.82, 2.24) is 35.5 Å². The fourth-order valence-corrected chi connectivity index (χ4v) is 8.91. The molecule has 2 aliphatic carbocycles. The van der Waals surface area contributed by atoms with Crippen molar-refractivity contribution in [2.24, 2.45) is 17.3 Å². The van der Waals surface area contributed by atoms with Gasteiger partial charge in [-0.25, -0.2) is 14.8 Å². The number of benzene rings is 3. The lowest BCUT2D eigenvalue weighted by atomic mass is 9.95. The van der Waals surface area contributed by atoms with Crippen LogP contribution in [0.5, 0.6) is 0 Å². The Balaban J connectivity index is 0.906. The molecule has 5 unspecified atom stereocenters. The Morgan fingerprint density at radius 1 is 0.863 bits per heavy atom. The third-order valence-electron chi connectivity index (χ3n) is 12.0. The van der Waals surface area contributed by atoms with E-state index < -0.39 is 12.1 Å². The molecule has 4 N–H and O–H groups in total. The molecule has 4 aliphatic rings. The van der Waals surface area contributed by atoms with E-state index in [2.05, 4.69) is 81.3 Å². The van der Waals surface area contributed by atoms with Gasteiger partial charge in [-0.3, -0.25) is 4.79 Å². The zero-order valence-corrected chi connectivity index (χ0v) is 29.4. The monoisotopic (exact) mass is 683 g/mol. The highest BCUT2D eigenvalue weighted by Crippen LogP contribution is 2.54. The van der Waals surface area contributed by atoms with E-state index in [-0.39, 0.29) is 23.9 Å². The first kappa shape index (κ1) is 32.0. The number of rotatable bonds is 8. The molecule has 2 saturated carbocycles. The molecule has 1 spiro atoms. The minimum atomic E-state index is -0.656. The third kappa shape index (κ3) is 5.79. The maximum atomic E-state index is 13.9. The Labute approximate surface area is 297 Å². The van der Waals surface area contributed by atoms with Crippen molar-refractivity contribution in [3.8, 4) is 33.6 Å². The highest BCUT2D eigenvalue weighted by atomic mass is 16.5. The van der Waals surface area contributed by atoms with Gasteiger partial charge in [0.1, 0.15) is 17.7 Å². The van der Waals surface area contributed by atoms with Gasteiger partial charge in [-0.05, 0) is 95.4 Å². The molecule has 10 nitrogen and oxygen atoms in total. The second-order valence-electron chi connectivity index (χ2n) is 15.6. The molecule has 9 rings (SSSR count). The maximum absolute atomic E-state index is 13.9. The number of aromatic amines is 2. The van der Waals surface area contributed by atoms with Crippen molar-refractivity contribution in [2.75, 3.05) is 13.7 Å². The van der Waals surface area contributed by atoms with Gasteiger partial charge in [-0.1, -0.05) is 62.4 Å². The first-order chi connectivity index (χ1) is 24.8. The number of piperidine rings is 1. The number of amides is 2. The Morgan fingerprint density at radius 2 is 1.51 bits per heavy atom. The number of methoxy groups -OCH3 is 1. The fourth-order valence-electron chi connectivity index (χ4n) is 8.91. The molecule has 5 aromatic rings. The van der Waals surface area contributed by atoms with Crippen LogP contribution < -0.4 is 10.6 Å². The number of hydrogen-bond donors (Lipinski definition) is 4. The molecule has 2 aliphatic heterocycles. The summed E-state index contributed by atoms with van der Waals surface area (Å²) in [6, 6.07) is 21.5. The predicted molar refractivity (Wildman–Crippen MR) is 196 cm³/mol. The molecule has 3 aromatic carbocycles. The predicted octanol–water partition coefficient (Wildman–Crippen LogP) is 7.53. The number of nitrogens with zero attached hydrogens (tertiary/aromatic N) is 3. The minimum Gasteiger partial charge on any atom is -0.453 e. The van der Waals surface area contributed by atoms with Gasteiger partial charge in [0, 0.05) is 18.2 Å². The fraction of sp³-hybridized carbons (Fsp3) is 0.415. The molecule has 2 saturated heterocycles. The number of carbonyl (C=O) groups excluding carboxylic acids is 2. The average Bonchev–Trinajstić information content (AvgIpc) is 3.79. The highest BCUT2D eigenvalue weighted by Gasteiger charge is 2.52. The number of aromatic nitrogens is 4. The number of nitrogens with one attached hydrogen (secondary N) is 4. The lowest BCUT2D eigenvalue weighted by molar-refractivity contribution is -0.139. The summed E-state index contributed by atoms with van der Waals surface area (Å²) >= 11 is 0. The van der Waals surface area contributed by atoms with Crippen LogP contribution in [-0.4, -0.2) is 62.6 Å². The van der Waals surface area contributed by atoms with Gasteiger partial charge in [0.15, 0.2) is 0 Å². The molecule has 4 fully saturated rings. The highest BCUT2D eigenvalue weighted by molar-refractivity contribution is 5.91. The smallest absolute Gasteiger partial charge is 0.407 e. The van der Waals surface area contributed by atoms with E-state index in [0.717, 1.165) is 71.1 Å². The normalized spacial score (nSPS) is 23.7. The molecule has 2 aromatic heterocycles. The van der Waals surface area contributed by atoms with Crippen LogP contribution in [0.15, 0.2) is 73.1 Å². The number of fused-ring (bicyclic) bond motifs is 3. The lowest BCUT2D eigenvalue weighted by Crippen LogP contribution is -2.54. The van der Waals surface area contributed by atoms with Crippen molar-refractivity contribution in [3.63, 3.8) is 0 Å². The van der Waals surface area contributed by atoms with Crippen LogP contribution in [0, 0.1) is 17.3 Å². The SMILES string of the molecule is COC(=O)NC(C(=O)N1C2CCC(C2)C1c1ncc(-c2ccc(-c3ccc4cc(-c5cnc(C6CC7(CC7)CN6)[nH]5)ccc4c3)cc2)[nH]1)C(C)C. The summed E-state index contributed by atoms with van der Waals surface area (Å²) in [4.78, 5) is 44.6. The molecule has 51 heavy (non-hydrogen) atoms. The number of ether oxygens (including phenoxy) is 1. The topological polar surface area (TPSA) is 128 Å². The van der Waals surface area contributed by atoms with E-state index >= 15 is 0 Å². The average molecular weight is 684 g/mol. The summed E-state index contributed by atoms with van der Waals surface area (Å²) in [5.41, 5.74) is 7.00. The number of alkyl carbamates (subject to hydrolysis) is 1. The van der Waals surface area contributed by atoms with Crippen LogP contribution in [-0.2, 0) is 9.53 Å². The van der Waals surface area contributed by atoms with E-state index in [1.54, 1.807) is 0 Å². The second-order valence-corrected chi connectivity index (χ2v) is 15.6. The standard InChI is InChI=1S/C41H45N7O3/c1-23(2)35(47-40(50)51-3)39(49)48-31-13-12-30(18-31)36(48)38-43-20-33(46-38)25-6-4-24(5-7-25)26-8-9-28-17-29(11-10-27(28)16-26)34-21-42-37(45-34)32-19-41(14-15-41)22-44-32/h4-11,16-17,20-21,23,30-32,35-36,44H,12-15,18-19,22H2,1-3H3,(H,42,45)(H,43,46)(H,47,50). The maximum Gasteiger partial charge on any atom is 0.407 e. The Bertz CT molecular complexity index is 2110. The van der Waals surface area contributed by atoms with Gasteiger partial charge < -0.3 is 30.2 Å². The van der Waals surface area contributed by atoms with Crippen LogP contribution in [0.25, 0.3) is 44.4 Å². The zero-order valence-electron chi connectivity index (χ0n) is 29.4. The molecule has 0 radical (unpaired) electrons. The van der Waals surface area contributed by atoms with Crippen LogP contribution in [0.1, 0.15) is 76.1 Å². The summed E-state index contributed by atoms with van der Waals surface area (Å²) < 4.78 is 4.82. The number of imidazole rings is 2. The van der Waals surface area contributed by atoms with E-state index in [1.165, 1.54) is 37.1 Å². The van der Waals surface area contributed by atoms with Crippen molar-refractivity contribution >= 4 is 22.8 Å². The van der Waals surface area contributed by atoms with Crippen molar-refractivity contribution in [2.45, 2.75) is 76.5 Å². The van der Waals surface area contributed by atoms with E-state index in [9.17, 15) is 9.59 Å². The first-order valence-corrected chi connectivity index (χ1v) is 18.4. The van der Waals surface area contributed by atoms with Crippen LogP contribution in [0.2, 0.25) is 0 Å². The lowest BCUT2D eigenvalue weighted by Gasteiger charge is -2.37. The molecule has 262 valence electrons. The number of hydrogen-bond acceptors (Lipinski definition) is 6. The summed E-state index contributed by atoms with van der Waals surface area (Å²) in [5, 5.41) is 8.82. The molecule has 4 heterocycles. The first-order valence-electron chi connectivity index (χ1n) is 18.4. The van der Waals surface area contributed by atoms with E-state index in [4.69, 9.17) is 14.7 Å². The van der Waals surface area contributed by atoms with Gasteiger partial charge in [0.2, 0.25) is 5.91 Å². The molecular formula is C41H45N7O3. The van der Waals surface area contributed by atoms with Gasteiger partial charge >= 0.3 is 6.09 Å². The summed E-state index contributed by atoms with van der Waals surface area (Å²) in [5.74, 6) is 2.05. The van der Waals surface area contributed by atoms with Gasteiger partial charge in [0.25, 0.3) is 0 Å². The second kappa shape index (κ2) is 12.4. The molecule has 5 atom stereocenters. The number of H-pyrrole nitrogens is 2. The zero-order chi connectivity index (χ0) is 34.9. The van der Waals surface area contributed by atoms with E-state index in [1.807, 2.05) is 31.1 Å². The molecule has 10 heteroatoms. The van der Waals surface area contributed by atoms with Gasteiger partial charge in [-0.2, -0.15) is 0 Å². The summed E-state index contributed by atoms with van der Waals surface area (Å²) in [7, 11) is 1.32. The van der Waals surface area contributed by atoms with Gasteiger partial charge in [-0.15, -0.1) is 0 Å². The number of carbonyl (C=O) groups is 2. The Hall–Kier alpha value is -4.96. The van der Waals surface area contributed by atoms with Crippen molar-refractivity contribution in [3.05, 3.63) is 84.7 Å². The van der Waals surface area contributed by atoms with Crippen LogP contribution >= 0.6 is 0 Å². The minimum absolute atomic E-state index is 0.0694. The largest absolute Gasteiger partial charge is 0.453 e. The van der Waals surface area contributed by atoms with Crippen molar-refractivity contribution in [1.29, 1.82) is 0 Å². The third-order valence-corrected chi connectivity index (χ3v) is 12.0. The van der Waals surface area contributed by atoms with Crippen LogP contribution in [0.3, 0.4) is 0 Å². The molecular weight excluding hydrogens is 638 g/mol. The quantitative estimate of drug-likeness (QED) is 0.134. The van der Waals surface area contributed by atoms with Crippen molar-refractivity contribution < 1.29 is 14.3 Å². The summed E-state index contributed by atoms with van der Waals surface area (Å²) in [6.45, 7) is 5.00. The van der Waals surface area contributed by atoms with E-state index in [0.29, 0.717) is 17.4 Å². The molecule has 2 bridgehead atoms.